The van der Waals surface area contributed by atoms with Crippen molar-refractivity contribution in [3.8, 4) is 0 Å². The van der Waals surface area contributed by atoms with Crippen LogP contribution in [0.4, 0.5) is 4.79 Å². The number of hydrogen-bond acceptors (Lipinski definition) is 3. The largest absolute Gasteiger partial charge is 0.478 e. The molecular formula is C12H16N2O4. The van der Waals surface area contributed by atoms with Crippen molar-refractivity contribution in [1.82, 2.24) is 10.6 Å². The maximum atomic E-state index is 11.5. The van der Waals surface area contributed by atoms with Gasteiger partial charge in [-0.3, -0.25) is 10.1 Å². The Morgan fingerprint density at radius 3 is 2.44 bits per heavy atom. The molecule has 6 nitrogen and oxygen atoms in total. The molecule has 0 aromatic heterocycles. The molecule has 0 heterocycles. The SMILES string of the molecule is O=C(O)C=CC(=O)NC(=O)NC1CC2CCC1C2. The minimum Gasteiger partial charge on any atom is -0.478 e. The fourth-order valence-electron chi connectivity index (χ4n) is 2.93. The van der Waals surface area contributed by atoms with Gasteiger partial charge >= 0.3 is 12.0 Å². The normalized spacial score (nSPS) is 29.4. The Labute approximate surface area is 104 Å². The van der Waals surface area contributed by atoms with E-state index in [0.717, 1.165) is 25.3 Å². The van der Waals surface area contributed by atoms with Crippen molar-refractivity contribution in [2.75, 3.05) is 0 Å². The van der Waals surface area contributed by atoms with Crippen molar-refractivity contribution in [3.05, 3.63) is 12.2 Å². The van der Waals surface area contributed by atoms with E-state index in [1.165, 1.54) is 6.42 Å². The molecule has 3 unspecified atom stereocenters. The summed E-state index contributed by atoms with van der Waals surface area (Å²) in [5, 5.41) is 13.2. The predicted molar refractivity (Wildman–Crippen MR) is 62.7 cm³/mol. The molecule has 2 fully saturated rings. The first-order valence-electron chi connectivity index (χ1n) is 6.07. The van der Waals surface area contributed by atoms with E-state index in [-0.39, 0.29) is 6.04 Å². The molecule has 3 N–H and O–H groups in total. The standard InChI is InChI=1S/C12H16N2O4/c15-10(3-4-11(16)17)14-12(18)13-9-6-7-1-2-8(9)5-7/h3-4,7-9H,1-2,5-6H2,(H,16,17)(H2,13,14,15,18). The lowest BCUT2D eigenvalue weighted by atomic mass is 9.95. The summed E-state index contributed by atoms with van der Waals surface area (Å²) in [6, 6.07) is -0.396. The van der Waals surface area contributed by atoms with Gasteiger partial charge in [-0.2, -0.15) is 0 Å². The minimum absolute atomic E-state index is 0.153. The van der Waals surface area contributed by atoms with Crippen LogP contribution in [0.15, 0.2) is 12.2 Å². The van der Waals surface area contributed by atoms with Gasteiger partial charge in [0.2, 0.25) is 0 Å². The molecule has 3 amide bonds. The second kappa shape index (κ2) is 5.20. The van der Waals surface area contributed by atoms with Gasteiger partial charge in [0.05, 0.1) is 0 Å². The highest BCUT2D eigenvalue weighted by Gasteiger charge is 2.40. The van der Waals surface area contributed by atoms with Crippen LogP contribution in [0.2, 0.25) is 0 Å². The number of amides is 3. The highest BCUT2D eigenvalue weighted by molar-refractivity contribution is 6.02. The second-order valence-corrected chi connectivity index (χ2v) is 4.92. The van der Waals surface area contributed by atoms with Crippen LogP contribution in [0.25, 0.3) is 0 Å². The monoisotopic (exact) mass is 252 g/mol. The Morgan fingerprint density at radius 2 is 1.89 bits per heavy atom. The number of carbonyl (C=O) groups excluding carboxylic acids is 2. The number of urea groups is 1. The van der Waals surface area contributed by atoms with Gasteiger partial charge < -0.3 is 10.4 Å². The van der Waals surface area contributed by atoms with Gasteiger partial charge in [-0.25, -0.2) is 9.59 Å². The first-order chi connectivity index (χ1) is 8.54. The number of imide groups is 1. The lowest BCUT2D eigenvalue weighted by Crippen LogP contribution is -2.46. The average Bonchev–Trinajstić information content (AvgIpc) is 2.87. The Hall–Kier alpha value is -1.85. The Kier molecular flexibility index (Phi) is 3.64. The molecule has 0 spiro atoms. The van der Waals surface area contributed by atoms with Gasteiger partial charge in [-0.05, 0) is 31.1 Å². The van der Waals surface area contributed by atoms with E-state index in [1.807, 2.05) is 0 Å². The number of aliphatic carboxylic acids is 1. The number of carboxylic acid groups (broad SMARTS) is 1. The Bertz CT molecular complexity index is 405. The molecule has 0 saturated heterocycles. The molecule has 2 aliphatic rings. The molecule has 0 aromatic carbocycles. The highest BCUT2D eigenvalue weighted by Crippen LogP contribution is 2.44. The molecule has 98 valence electrons. The predicted octanol–water partition coefficient (Wildman–Crippen LogP) is 0.642. The van der Waals surface area contributed by atoms with E-state index in [4.69, 9.17) is 5.11 Å². The van der Waals surface area contributed by atoms with Crippen molar-refractivity contribution in [1.29, 1.82) is 0 Å². The van der Waals surface area contributed by atoms with Gasteiger partial charge in [0.25, 0.3) is 5.91 Å². The average molecular weight is 252 g/mol. The zero-order valence-corrected chi connectivity index (χ0v) is 9.89. The molecule has 2 bridgehead atoms. The minimum atomic E-state index is -1.22. The zero-order valence-electron chi connectivity index (χ0n) is 9.89. The number of nitrogens with one attached hydrogen (secondary N) is 2. The first-order valence-corrected chi connectivity index (χ1v) is 6.07. The van der Waals surface area contributed by atoms with Gasteiger partial charge in [0, 0.05) is 18.2 Å². The number of rotatable bonds is 3. The van der Waals surface area contributed by atoms with Gasteiger partial charge in [0.1, 0.15) is 0 Å². The fraction of sp³-hybridized carbons (Fsp3) is 0.583. The topological polar surface area (TPSA) is 95.5 Å². The maximum Gasteiger partial charge on any atom is 0.328 e. The fourth-order valence-corrected chi connectivity index (χ4v) is 2.93. The number of carbonyl (C=O) groups is 3. The van der Waals surface area contributed by atoms with Crippen LogP contribution < -0.4 is 10.6 Å². The van der Waals surface area contributed by atoms with Crippen LogP contribution >= 0.6 is 0 Å². The smallest absolute Gasteiger partial charge is 0.328 e. The maximum absolute atomic E-state index is 11.5. The third-order valence-electron chi connectivity index (χ3n) is 3.67. The highest BCUT2D eigenvalue weighted by atomic mass is 16.4. The van der Waals surface area contributed by atoms with Crippen molar-refractivity contribution < 1.29 is 19.5 Å². The van der Waals surface area contributed by atoms with Crippen LogP contribution in [0.1, 0.15) is 25.7 Å². The van der Waals surface area contributed by atoms with Crippen molar-refractivity contribution in [3.63, 3.8) is 0 Å². The third kappa shape index (κ3) is 3.09. The number of fused-ring (bicyclic) bond motifs is 2. The summed E-state index contributed by atoms with van der Waals surface area (Å²) in [5.41, 5.74) is 0. The molecule has 3 atom stereocenters. The third-order valence-corrected chi connectivity index (χ3v) is 3.67. The Balaban J connectivity index is 1.75. The molecule has 18 heavy (non-hydrogen) atoms. The van der Waals surface area contributed by atoms with Gasteiger partial charge in [-0.15, -0.1) is 0 Å². The second-order valence-electron chi connectivity index (χ2n) is 4.92. The van der Waals surface area contributed by atoms with E-state index in [1.54, 1.807) is 0 Å². The van der Waals surface area contributed by atoms with Crippen LogP contribution in [-0.2, 0) is 9.59 Å². The summed E-state index contributed by atoms with van der Waals surface area (Å²) in [6.45, 7) is 0. The molecule has 2 rings (SSSR count). The molecular weight excluding hydrogens is 236 g/mol. The van der Waals surface area contributed by atoms with Crippen molar-refractivity contribution in [2.45, 2.75) is 31.7 Å². The quantitative estimate of drug-likeness (QED) is 0.642. The van der Waals surface area contributed by atoms with E-state index in [2.05, 4.69) is 10.6 Å². The molecule has 0 radical (unpaired) electrons. The van der Waals surface area contributed by atoms with Gasteiger partial charge in [-0.1, -0.05) is 6.42 Å². The van der Waals surface area contributed by atoms with Crippen molar-refractivity contribution >= 4 is 17.9 Å². The number of hydrogen-bond donors (Lipinski definition) is 3. The molecule has 6 heteroatoms. The summed E-state index contributed by atoms with van der Waals surface area (Å²) in [5.74, 6) is -0.704. The van der Waals surface area contributed by atoms with Crippen LogP contribution in [0, 0.1) is 11.8 Å². The molecule has 2 saturated carbocycles. The van der Waals surface area contributed by atoms with E-state index < -0.39 is 17.9 Å². The van der Waals surface area contributed by atoms with E-state index >= 15 is 0 Å². The molecule has 2 aliphatic carbocycles. The molecule has 0 aliphatic heterocycles. The van der Waals surface area contributed by atoms with Crippen LogP contribution in [0.3, 0.4) is 0 Å². The van der Waals surface area contributed by atoms with Gasteiger partial charge in [0.15, 0.2) is 0 Å². The van der Waals surface area contributed by atoms with Crippen LogP contribution in [0.5, 0.6) is 0 Å². The summed E-state index contributed by atoms with van der Waals surface area (Å²) >= 11 is 0. The van der Waals surface area contributed by atoms with Crippen molar-refractivity contribution in [2.24, 2.45) is 11.8 Å². The Morgan fingerprint density at radius 1 is 1.11 bits per heavy atom. The first kappa shape index (κ1) is 12.6. The summed E-state index contributed by atoms with van der Waals surface area (Å²) in [7, 11) is 0. The summed E-state index contributed by atoms with van der Waals surface area (Å²) in [6.07, 6.45) is 6.05. The molecule has 0 aromatic rings. The van der Waals surface area contributed by atoms with E-state index in [9.17, 15) is 14.4 Å². The summed E-state index contributed by atoms with van der Waals surface area (Å²) in [4.78, 5) is 32.9. The lowest BCUT2D eigenvalue weighted by Gasteiger charge is -2.22. The van der Waals surface area contributed by atoms with E-state index in [0.29, 0.717) is 17.9 Å². The number of carboxylic acids is 1. The zero-order chi connectivity index (χ0) is 13.1. The summed E-state index contributed by atoms with van der Waals surface area (Å²) < 4.78 is 0. The van der Waals surface area contributed by atoms with Crippen LogP contribution in [-0.4, -0.2) is 29.1 Å². The lowest BCUT2D eigenvalue weighted by molar-refractivity contribution is -0.131.